The number of hydrogen-bond acceptors (Lipinski definition) is 5. The van der Waals surface area contributed by atoms with Crippen molar-refractivity contribution in [3.05, 3.63) is 28.0 Å². The molecule has 2 aromatic heterocycles. The first-order chi connectivity index (χ1) is 8.31. The molecule has 0 atom stereocenters. The van der Waals surface area contributed by atoms with E-state index in [0.29, 0.717) is 6.54 Å². The molecule has 6 heteroatoms. The fourth-order valence-corrected chi connectivity index (χ4v) is 2.24. The maximum atomic E-state index is 4.51. The van der Waals surface area contributed by atoms with Crippen molar-refractivity contribution in [1.82, 2.24) is 25.3 Å². The van der Waals surface area contributed by atoms with E-state index in [1.165, 1.54) is 5.01 Å². The third-order valence-electron chi connectivity index (χ3n) is 2.37. The minimum Gasteiger partial charge on any atom is -0.311 e. The molecule has 2 rings (SSSR count). The summed E-state index contributed by atoms with van der Waals surface area (Å²) in [5.41, 5.74) is 2.03. The number of rotatable bonds is 6. The highest BCUT2D eigenvalue weighted by molar-refractivity contribution is 7.09. The van der Waals surface area contributed by atoms with Crippen molar-refractivity contribution in [1.29, 1.82) is 0 Å². The minimum atomic E-state index is 0.704. The van der Waals surface area contributed by atoms with Crippen LogP contribution in [0, 0.1) is 0 Å². The molecule has 5 nitrogen and oxygen atoms in total. The minimum absolute atomic E-state index is 0.704. The van der Waals surface area contributed by atoms with Crippen LogP contribution < -0.4 is 5.32 Å². The van der Waals surface area contributed by atoms with Gasteiger partial charge in [0.25, 0.3) is 0 Å². The summed E-state index contributed by atoms with van der Waals surface area (Å²) in [5.74, 6) is 0. The number of nitrogens with one attached hydrogen (secondary N) is 1. The van der Waals surface area contributed by atoms with Crippen molar-refractivity contribution in [2.45, 2.75) is 33.4 Å². The highest BCUT2D eigenvalue weighted by Crippen LogP contribution is 2.11. The van der Waals surface area contributed by atoms with Crippen molar-refractivity contribution in [3.63, 3.8) is 0 Å². The van der Waals surface area contributed by atoms with E-state index in [1.807, 2.05) is 10.9 Å². The van der Waals surface area contributed by atoms with Gasteiger partial charge < -0.3 is 5.32 Å². The fourth-order valence-electron chi connectivity index (χ4n) is 1.50. The summed E-state index contributed by atoms with van der Waals surface area (Å²) < 4.78 is 1.83. The highest BCUT2D eigenvalue weighted by atomic mass is 32.1. The van der Waals surface area contributed by atoms with Gasteiger partial charge in [0.15, 0.2) is 0 Å². The molecule has 0 bridgehead atoms. The molecule has 0 saturated heterocycles. The van der Waals surface area contributed by atoms with Crippen LogP contribution >= 0.6 is 11.3 Å². The molecule has 1 N–H and O–H groups in total. The molecule has 0 spiro atoms. The Labute approximate surface area is 105 Å². The van der Waals surface area contributed by atoms with E-state index >= 15 is 0 Å². The van der Waals surface area contributed by atoms with Crippen molar-refractivity contribution >= 4 is 11.3 Å². The second-order valence-corrected chi connectivity index (χ2v) is 4.72. The van der Waals surface area contributed by atoms with Gasteiger partial charge in [-0.25, -0.2) is 9.67 Å². The summed E-state index contributed by atoms with van der Waals surface area (Å²) in [6.45, 7) is 6.61. The van der Waals surface area contributed by atoms with Gasteiger partial charge in [-0.05, 0) is 13.0 Å². The summed E-state index contributed by atoms with van der Waals surface area (Å²) >= 11 is 1.70. The molecule has 0 aliphatic rings. The van der Waals surface area contributed by atoms with Gasteiger partial charge in [-0.3, -0.25) is 0 Å². The molecule has 0 saturated carbocycles. The largest absolute Gasteiger partial charge is 0.311 e. The smallest absolute Gasteiger partial charge is 0.0964 e. The summed E-state index contributed by atoms with van der Waals surface area (Å²) in [4.78, 5) is 4.51. The van der Waals surface area contributed by atoms with Gasteiger partial charge >= 0.3 is 0 Å². The Morgan fingerprint density at radius 1 is 1.35 bits per heavy atom. The molecule has 0 fully saturated rings. The van der Waals surface area contributed by atoms with Gasteiger partial charge in [-0.2, -0.15) is 0 Å². The van der Waals surface area contributed by atoms with Gasteiger partial charge in [0, 0.05) is 11.9 Å². The van der Waals surface area contributed by atoms with Crippen LogP contribution in [0.5, 0.6) is 0 Å². The molecular weight excluding hydrogens is 234 g/mol. The molecule has 92 valence electrons. The summed E-state index contributed by atoms with van der Waals surface area (Å²) in [7, 11) is 0. The predicted octanol–water partition coefficient (Wildman–Crippen LogP) is 1.45. The average Bonchev–Trinajstić information content (AvgIpc) is 2.96. The molecule has 0 amide bonds. The predicted molar refractivity (Wildman–Crippen MR) is 68.0 cm³/mol. The lowest BCUT2D eigenvalue weighted by Crippen LogP contribution is -2.11. The quantitative estimate of drug-likeness (QED) is 0.844. The molecule has 0 aromatic carbocycles. The Kier molecular flexibility index (Phi) is 4.22. The zero-order valence-electron chi connectivity index (χ0n) is 10.2. The topological polar surface area (TPSA) is 55.6 Å². The lowest BCUT2D eigenvalue weighted by molar-refractivity contribution is 0.638. The normalized spacial score (nSPS) is 10.9. The van der Waals surface area contributed by atoms with E-state index in [0.717, 1.165) is 30.9 Å². The van der Waals surface area contributed by atoms with Crippen molar-refractivity contribution in [3.8, 4) is 0 Å². The van der Waals surface area contributed by atoms with Gasteiger partial charge in [0.05, 0.1) is 29.1 Å². The Hall–Kier alpha value is -1.27. The molecule has 0 aliphatic carbocycles. The van der Waals surface area contributed by atoms with E-state index in [4.69, 9.17) is 0 Å². The molecular formula is C11H17N5S. The Balaban J connectivity index is 1.96. The van der Waals surface area contributed by atoms with Gasteiger partial charge in [-0.1, -0.05) is 19.1 Å². The zero-order chi connectivity index (χ0) is 12.1. The summed E-state index contributed by atoms with van der Waals surface area (Å²) in [6, 6.07) is 0. The van der Waals surface area contributed by atoms with Crippen LogP contribution in [0.1, 0.15) is 30.2 Å². The summed E-state index contributed by atoms with van der Waals surface area (Å²) in [5, 5.41) is 14.7. The number of aryl methyl sites for hydroxylation is 1. The van der Waals surface area contributed by atoms with Crippen molar-refractivity contribution < 1.29 is 0 Å². The lowest BCUT2D eigenvalue weighted by atomic mass is 10.4. The van der Waals surface area contributed by atoms with Gasteiger partial charge in [-0.15, -0.1) is 16.4 Å². The highest BCUT2D eigenvalue weighted by Gasteiger charge is 2.04. The fraction of sp³-hybridized carbons (Fsp3) is 0.545. The first kappa shape index (κ1) is 12.2. The van der Waals surface area contributed by atoms with Crippen LogP contribution in [0.4, 0.5) is 0 Å². The second kappa shape index (κ2) is 5.88. The average molecular weight is 251 g/mol. The van der Waals surface area contributed by atoms with E-state index in [-0.39, 0.29) is 0 Å². The maximum absolute atomic E-state index is 4.51. The Morgan fingerprint density at radius 2 is 2.24 bits per heavy atom. The molecule has 17 heavy (non-hydrogen) atoms. The SMILES string of the molecule is CCNCc1cn(Cc2csc(CC)n2)nn1. The molecule has 2 heterocycles. The lowest BCUT2D eigenvalue weighted by Gasteiger charge is -1.96. The van der Waals surface area contributed by atoms with E-state index in [9.17, 15) is 0 Å². The van der Waals surface area contributed by atoms with Gasteiger partial charge in [0.2, 0.25) is 0 Å². The van der Waals surface area contributed by atoms with Crippen LogP contribution in [-0.4, -0.2) is 26.5 Å². The molecule has 0 unspecified atom stereocenters. The molecule has 2 aromatic rings. The third-order valence-corrected chi connectivity index (χ3v) is 3.41. The van der Waals surface area contributed by atoms with Crippen LogP contribution in [0.25, 0.3) is 0 Å². The van der Waals surface area contributed by atoms with Gasteiger partial charge in [0.1, 0.15) is 0 Å². The first-order valence-corrected chi connectivity index (χ1v) is 6.72. The number of nitrogens with zero attached hydrogens (tertiary/aromatic N) is 4. The number of hydrogen-bond donors (Lipinski definition) is 1. The number of aromatic nitrogens is 4. The van der Waals surface area contributed by atoms with Crippen molar-refractivity contribution in [2.24, 2.45) is 0 Å². The zero-order valence-corrected chi connectivity index (χ0v) is 11.0. The monoisotopic (exact) mass is 251 g/mol. The first-order valence-electron chi connectivity index (χ1n) is 5.84. The van der Waals surface area contributed by atoms with E-state index < -0.39 is 0 Å². The van der Waals surface area contributed by atoms with Crippen LogP contribution in [-0.2, 0) is 19.5 Å². The third kappa shape index (κ3) is 3.34. The van der Waals surface area contributed by atoms with Crippen molar-refractivity contribution in [2.75, 3.05) is 6.54 Å². The van der Waals surface area contributed by atoms with Crippen LogP contribution in [0.15, 0.2) is 11.6 Å². The molecule has 0 radical (unpaired) electrons. The van der Waals surface area contributed by atoms with Crippen LogP contribution in [0.3, 0.4) is 0 Å². The summed E-state index contributed by atoms with van der Waals surface area (Å²) in [6.07, 6.45) is 2.96. The van der Waals surface area contributed by atoms with E-state index in [2.05, 4.69) is 39.8 Å². The second-order valence-electron chi connectivity index (χ2n) is 3.77. The van der Waals surface area contributed by atoms with E-state index in [1.54, 1.807) is 11.3 Å². The number of thiazole rings is 1. The van der Waals surface area contributed by atoms with Crippen LogP contribution in [0.2, 0.25) is 0 Å². The molecule has 0 aliphatic heterocycles. The Morgan fingerprint density at radius 3 is 2.94 bits per heavy atom. The Bertz CT molecular complexity index is 462. The standard InChI is InChI=1S/C11H17N5S/c1-3-11-13-10(8-17-11)7-16-6-9(14-15-16)5-12-4-2/h6,8,12H,3-5,7H2,1-2H3. The maximum Gasteiger partial charge on any atom is 0.0964 e.